The van der Waals surface area contributed by atoms with Gasteiger partial charge in [0.15, 0.2) is 5.16 Å². The highest BCUT2D eigenvalue weighted by molar-refractivity contribution is 8.00. The lowest BCUT2D eigenvalue weighted by atomic mass is 10.1. The Morgan fingerprint density at radius 3 is 2.53 bits per heavy atom. The standard InChI is InChI=1S/C23H24ClN5O2S/c1-14(2)12-13-28-21(31)18-6-4-5-7-19(18)29-22(28)26-27-23(29)32-15(3)20(30)25-17-10-8-16(24)9-11-17/h4-11,14-15H,12-13H2,1-3H3,(H,25,30). The summed E-state index contributed by atoms with van der Waals surface area (Å²) in [7, 11) is 0. The number of hydrogen-bond acceptors (Lipinski definition) is 5. The predicted octanol–water partition coefficient (Wildman–Crippen LogP) is 4.86. The van der Waals surface area contributed by atoms with E-state index in [9.17, 15) is 9.59 Å². The summed E-state index contributed by atoms with van der Waals surface area (Å²) in [6.45, 7) is 6.61. The van der Waals surface area contributed by atoms with Crippen molar-refractivity contribution >= 4 is 51.6 Å². The molecule has 32 heavy (non-hydrogen) atoms. The van der Waals surface area contributed by atoms with E-state index in [4.69, 9.17) is 11.6 Å². The molecule has 0 aliphatic carbocycles. The highest BCUT2D eigenvalue weighted by atomic mass is 35.5. The predicted molar refractivity (Wildman–Crippen MR) is 130 cm³/mol. The molecule has 2 aromatic heterocycles. The van der Waals surface area contributed by atoms with E-state index < -0.39 is 5.25 Å². The Morgan fingerprint density at radius 1 is 1.09 bits per heavy atom. The molecule has 1 unspecified atom stereocenters. The van der Waals surface area contributed by atoms with Crippen molar-refractivity contribution in [2.75, 3.05) is 5.32 Å². The van der Waals surface area contributed by atoms with Crippen LogP contribution in [0, 0.1) is 5.92 Å². The Balaban J connectivity index is 1.69. The van der Waals surface area contributed by atoms with Gasteiger partial charge < -0.3 is 5.32 Å². The second kappa shape index (κ2) is 9.34. The van der Waals surface area contributed by atoms with E-state index in [0.717, 1.165) is 11.9 Å². The van der Waals surface area contributed by atoms with E-state index >= 15 is 0 Å². The second-order valence-electron chi connectivity index (χ2n) is 8.03. The van der Waals surface area contributed by atoms with Crippen LogP contribution in [0.2, 0.25) is 5.02 Å². The Morgan fingerprint density at radius 2 is 1.81 bits per heavy atom. The fourth-order valence-electron chi connectivity index (χ4n) is 3.39. The van der Waals surface area contributed by atoms with Crippen LogP contribution >= 0.6 is 23.4 Å². The molecule has 7 nitrogen and oxygen atoms in total. The zero-order valence-electron chi connectivity index (χ0n) is 18.1. The molecule has 1 amide bonds. The number of hydrogen-bond donors (Lipinski definition) is 1. The van der Waals surface area contributed by atoms with Crippen molar-refractivity contribution in [3.8, 4) is 0 Å². The number of anilines is 1. The summed E-state index contributed by atoms with van der Waals surface area (Å²) in [4.78, 5) is 25.9. The van der Waals surface area contributed by atoms with Crippen LogP contribution in [0.5, 0.6) is 0 Å². The van der Waals surface area contributed by atoms with E-state index in [1.54, 1.807) is 28.8 Å². The maximum absolute atomic E-state index is 13.1. The highest BCUT2D eigenvalue weighted by Gasteiger charge is 2.21. The molecule has 0 spiro atoms. The van der Waals surface area contributed by atoms with Crippen LogP contribution in [0.1, 0.15) is 27.2 Å². The molecule has 4 rings (SSSR count). The number of halogens is 1. The summed E-state index contributed by atoms with van der Waals surface area (Å²) in [6, 6.07) is 14.4. The Bertz CT molecular complexity index is 1330. The number of nitrogens with one attached hydrogen (secondary N) is 1. The molecule has 4 aromatic rings. The van der Waals surface area contributed by atoms with Crippen molar-refractivity contribution in [1.29, 1.82) is 0 Å². The van der Waals surface area contributed by atoms with Crippen LogP contribution in [0.3, 0.4) is 0 Å². The first-order valence-electron chi connectivity index (χ1n) is 10.4. The van der Waals surface area contributed by atoms with Gasteiger partial charge >= 0.3 is 0 Å². The third-order valence-electron chi connectivity index (χ3n) is 5.17. The lowest BCUT2D eigenvalue weighted by Crippen LogP contribution is -2.25. The monoisotopic (exact) mass is 469 g/mol. The number of carbonyl (C=O) groups is 1. The first-order chi connectivity index (χ1) is 15.3. The largest absolute Gasteiger partial charge is 0.325 e. The number of aryl methyl sites for hydroxylation is 1. The minimum Gasteiger partial charge on any atom is -0.325 e. The van der Waals surface area contributed by atoms with Crippen molar-refractivity contribution in [2.24, 2.45) is 5.92 Å². The molecule has 0 aliphatic rings. The lowest BCUT2D eigenvalue weighted by molar-refractivity contribution is -0.115. The number of aromatic nitrogens is 4. The maximum atomic E-state index is 13.1. The van der Waals surface area contributed by atoms with E-state index in [0.29, 0.717) is 39.5 Å². The number of nitrogens with zero attached hydrogens (tertiary/aromatic N) is 4. The molecule has 1 atom stereocenters. The van der Waals surface area contributed by atoms with Gasteiger partial charge in [0.1, 0.15) is 0 Å². The van der Waals surface area contributed by atoms with Gasteiger partial charge in [-0.1, -0.05) is 49.3 Å². The Labute approximate surface area is 194 Å². The van der Waals surface area contributed by atoms with Crippen molar-refractivity contribution in [2.45, 2.75) is 44.1 Å². The number of rotatable bonds is 7. The van der Waals surface area contributed by atoms with Crippen LogP contribution < -0.4 is 10.9 Å². The van der Waals surface area contributed by atoms with Crippen molar-refractivity contribution in [3.05, 3.63) is 63.9 Å². The van der Waals surface area contributed by atoms with Gasteiger partial charge in [-0.05, 0) is 55.7 Å². The molecule has 0 radical (unpaired) electrons. The first-order valence-corrected chi connectivity index (χ1v) is 11.7. The molecule has 2 aromatic carbocycles. The second-order valence-corrected chi connectivity index (χ2v) is 9.78. The van der Waals surface area contributed by atoms with Crippen LogP contribution in [0.15, 0.2) is 58.5 Å². The maximum Gasteiger partial charge on any atom is 0.262 e. The summed E-state index contributed by atoms with van der Waals surface area (Å²) >= 11 is 7.21. The van der Waals surface area contributed by atoms with Gasteiger partial charge in [-0.25, -0.2) is 0 Å². The van der Waals surface area contributed by atoms with E-state index in [1.165, 1.54) is 11.8 Å². The third-order valence-corrected chi connectivity index (χ3v) is 6.47. The molecule has 0 fully saturated rings. The van der Waals surface area contributed by atoms with Gasteiger partial charge in [0.05, 0.1) is 16.2 Å². The summed E-state index contributed by atoms with van der Waals surface area (Å²) in [5, 5.41) is 12.9. The van der Waals surface area contributed by atoms with E-state index in [2.05, 4.69) is 29.4 Å². The van der Waals surface area contributed by atoms with Crippen molar-refractivity contribution in [1.82, 2.24) is 19.2 Å². The number of fused-ring (bicyclic) bond motifs is 3. The van der Waals surface area contributed by atoms with Gasteiger partial charge in [0.25, 0.3) is 5.56 Å². The van der Waals surface area contributed by atoms with Gasteiger partial charge in [-0.15, -0.1) is 10.2 Å². The Hall–Kier alpha value is -2.84. The molecule has 2 heterocycles. The molecule has 9 heteroatoms. The summed E-state index contributed by atoms with van der Waals surface area (Å²) in [6.07, 6.45) is 0.850. The molecule has 0 aliphatic heterocycles. The van der Waals surface area contributed by atoms with Crippen LogP contribution in [0.25, 0.3) is 16.7 Å². The first kappa shape index (κ1) is 22.4. The van der Waals surface area contributed by atoms with Gasteiger partial charge in [-0.3, -0.25) is 18.6 Å². The average Bonchev–Trinajstić information content (AvgIpc) is 3.18. The van der Waals surface area contributed by atoms with Gasteiger partial charge in [0.2, 0.25) is 11.7 Å². The van der Waals surface area contributed by atoms with E-state index in [1.807, 2.05) is 35.6 Å². The summed E-state index contributed by atoms with van der Waals surface area (Å²) in [5.74, 6) is 0.774. The van der Waals surface area contributed by atoms with Gasteiger partial charge in [-0.2, -0.15) is 0 Å². The number of para-hydroxylation sites is 1. The SMILES string of the molecule is CC(C)CCn1c(=O)c2ccccc2n2c(SC(C)C(=O)Nc3ccc(Cl)cc3)nnc12. The summed E-state index contributed by atoms with van der Waals surface area (Å²) in [5.41, 5.74) is 1.32. The molecule has 0 saturated heterocycles. The third kappa shape index (κ3) is 4.52. The normalized spacial score (nSPS) is 12.5. The zero-order valence-corrected chi connectivity index (χ0v) is 19.7. The number of benzene rings is 2. The number of carbonyl (C=O) groups excluding carboxylic acids is 1. The molecule has 0 saturated carbocycles. The van der Waals surface area contributed by atoms with Crippen LogP contribution in [-0.2, 0) is 11.3 Å². The van der Waals surface area contributed by atoms with Gasteiger partial charge in [0, 0.05) is 17.3 Å². The molecule has 166 valence electrons. The minimum absolute atomic E-state index is 0.0776. The zero-order chi connectivity index (χ0) is 22.8. The fraction of sp³-hybridized carbons (Fsp3) is 0.304. The fourth-order valence-corrected chi connectivity index (χ4v) is 4.37. The average molecular weight is 470 g/mol. The Kier molecular flexibility index (Phi) is 6.53. The quantitative estimate of drug-likeness (QED) is 0.391. The van der Waals surface area contributed by atoms with E-state index in [-0.39, 0.29) is 11.5 Å². The highest BCUT2D eigenvalue weighted by Crippen LogP contribution is 2.26. The number of amides is 1. The smallest absolute Gasteiger partial charge is 0.262 e. The number of thioether (sulfide) groups is 1. The molecular formula is C23H24ClN5O2S. The van der Waals surface area contributed by atoms with Crippen molar-refractivity contribution < 1.29 is 4.79 Å². The minimum atomic E-state index is -0.437. The van der Waals surface area contributed by atoms with Crippen LogP contribution in [-0.4, -0.2) is 30.3 Å². The van der Waals surface area contributed by atoms with Crippen molar-refractivity contribution in [3.63, 3.8) is 0 Å². The molecule has 1 N–H and O–H groups in total. The topological polar surface area (TPSA) is 81.3 Å². The molecular weight excluding hydrogens is 446 g/mol. The lowest BCUT2D eigenvalue weighted by Gasteiger charge is -2.14. The summed E-state index contributed by atoms with van der Waals surface area (Å²) < 4.78 is 3.55. The van der Waals surface area contributed by atoms with Crippen LogP contribution in [0.4, 0.5) is 5.69 Å². The molecule has 0 bridgehead atoms.